The van der Waals surface area contributed by atoms with Gasteiger partial charge in [0.15, 0.2) is 0 Å². The molecule has 0 spiro atoms. The van der Waals surface area contributed by atoms with E-state index in [1.54, 1.807) is 10.5 Å². The summed E-state index contributed by atoms with van der Waals surface area (Å²) in [7, 11) is 2.34. The Kier molecular flexibility index (Phi) is 3.74. The van der Waals surface area contributed by atoms with Crippen LogP contribution in [0.3, 0.4) is 0 Å². The Morgan fingerprint density at radius 2 is 2.11 bits per heavy atom. The first kappa shape index (κ1) is 13.6. The molecule has 19 heavy (non-hydrogen) atoms. The van der Waals surface area contributed by atoms with Gasteiger partial charge in [-0.25, -0.2) is 0 Å². The lowest BCUT2D eigenvalue weighted by atomic mass is 9.63. The number of hydrogen-bond acceptors (Lipinski definition) is 1. The summed E-state index contributed by atoms with van der Waals surface area (Å²) < 4.78 is 6.39. The van der Waals surface area contributed by atoms with Crippen LogP contribution < -0.4 is 4.90 Å². The number of likely N-dealkylation sites (tertiary alicyclic amines) is 1. The van der Waals surface area contributed by atoms with E-state index < -0.39 is 0 Å². The fraction of sp³-hybridized carbons (Fsp3) is 0.882. The molecule has 2 heterocycles. The molecule has 2 aliphatic heterocycles. The Hall–Kier alpha value is -0.340. The van der Waals surface area contributed by atoms with Crippen molar-refractivity contribution in [1.82, 2.24) is 0 Å². The highest BCUT2D eigenvalue weighted by atomic mass is 16.5. The second kappa shape index (κ2) is 5.21. The number of nitrogens with one attached hydrogen (secondary N) is 1. The molecule has 0 aromatic heterocycles. The van der Waals surface area contributed by atoms with Crippen LogP contribution in [0.1, 0.15) is 33.6 Å². The van der Waals surface area contributed by atoms with E-state index in [0.717, 1.165) is 24.4 Å². The summed E-state index contributed by atoms with van der Waals surface area (Å²) >= 11 is 0. The van der Waals surface area contributed by atoms with Gasteiger partial charge in [0.25, 0.3) is 0 Å². The lowest BCUT2D eigenvalue weighted by Gasteiger charge is -2.50. The van der Waals surface area contributed by atoms with E-state index >= 15 is 0 Å². The molecule has 108 valence electrons. The third-order valence-electron chi connectivity index (χ3n) is 6.06. The van der Waals surface area contributed by atoms with Crippen molar-refractivity contribution in [3.8, 4) is 0 Å². The van der Waals surface area contributed by atoms with Gasteiger partial charge in [-0.05, 0) is 37.5 Å². The number of rotatable bonds is 1. The molecule has 3 rings (SSSR count). The third kappa shape index (κ3) is 2.38. The average Bonchev–Trinajstić information content (AvgIpc) is 2.35. The first-order valence-electron chi connectivity index (χ1n) is 8.19. The predicted octanol–water partition coefficient (Wildman–Crippen LogP) is 1.77. The average molecular weight is 264 g/mol. The van der Waals surface area contributed by atoms with Crippen molar-refractivity contribution in [2.75, 3.05) is 26.7 Å². The maximum atomic E-state index is 6.39. The SMILES string of the molecule is CC1=CC(C)C2COC(C3CCC[NH+](C)C3)C1C2C. The predicted molar refractivity (Wildman–Crippen MR) is 78.1 cm³/mol. The number of quaternary nitrogens is 1. The molecular formula is C17H30NO+. The Morgan fingerprint density at radius 1 is 1.32 bits per heavy atom. The van der Waals surface area contributed by atoms with Gasteiger partial charge in [-0.15, -0.1) is 0 Å². The Morgan fingerprint density at radius 3 is 2.84 bits per heavy atom. The van der Waals surface area contributed by atoms with Crippen LogP contribution in [0.15, 0.2) is 11.6 Å². The number of fused-ring (bicyclic) bond motifs is 2. The number of ether oxygens (including phenoxy) is 1. The summed E-state index contributed by atoms with van der Waals surface area (Å²) in [5.41, 5.74) is 1.60. The van der Waals surface area contributed by atoms with E-state index in [0.29, 0.717) is 17.9 Å². The highest BCUT2D eigenvalue weighted by Gasteiger charge is 2.46. The third-order valence-corrected chi connectivity index (χ3v) is 6.06. The minimum absolute atomic E-state index is 0.491. The molecule has 2 saturated heterocycles. The van der Waals surface area contributed by atoms with Crippen LogP contribution in [-0.4, -0.2) is 32.8 Å². The fourth-order valence-electron chi connectivity index (χ4n) is 5.02. The molecule has 2 bridgehead atoms. The Bertz CT molecular complexity index is 364. The minimum atomic E-state index is 0.491. The molecule has 0 amide bonds. The summed E-state index contributed by atoms with van der Waals surface area (Å²) in [5, 5.41) is 0. The maximum absolute atomic E-state index is 6.39. The van der Waals surface area contributed by atoms with E-state index in [-0.39, 0.29) is 0 Å². The molecule has 2 nitrogen and oxygen atoms in total. The van der Waals surface area contributed by atoms with Crippen molar-refractivity contribution in [3.63, 3.8) is 0 Å². The van der Waals surface area contributed by atoms with Crippen LogP contribution >= 0.6 is 0 Å². The first-order valence-corrected chi connectivity index (χ1v) is 8.19. The van der Waals surface area contributed by atoms with Crippen LogP contribution in [-0.2, 0) is 4.74 Å². The second-order valence-corrected chi connectivity index (χ2v) is 7.43. The smallest absolute Gasteiger partial charge is 0.0822 e. The second-order valence-electron chi connectivity index (χ2n) is 7.43. The van der Waals surface area contributed by atoms with E-state index in [1.165, 1.54) is 25.9 Å². The van der Waals surface area contributed by atoms with Crippen molar-refractivity contribution in [1.29, 1.82) is 0 Å². The summed E-state index contributed by atoms with van der Waals surface area (Å²) in [4.78, 5) is 1.69. The molecule has 1 aliphatic carbocycles. The summed E-state index contributed by atoms with van der Waals surface area (Å²) in [6, 6.07) is 0. The Labute approximate surface area is 118 Å². The van der Waals surface area contributed by atoms with Crippen molar-refractivity contribution >= 4 is 0 Å². The monoisotopic (exact) mass is 264 g/mol. The zero-order valence-electron chi connectivity index (χ0n) is 13.0. The standard InChI is InChI=1S/C17H29NO/c1-11-8-12(2)16-13(3)15(11)10-19-17(16)14-6-5-7-18(4)9-14/h8,11,13-17H,5-7,9-10H2,1-4H3/p+1. The molecule has 1 N–H and O–H groups in total. The van der Waals surface area contributed by atoms with Crippen LogP contribution in [0.25, 0.3) is 0 Å². The molecule has 0 aromatic carbocycles. The van der Waals surface area contributed by atoms with E-state index in [9.17, 15) is 0 Å². The zero-order chi connectivity index (χ0) is 13.6. The highest BCUT2D eigenvalue weighted by Crippen LogP contribution is 2.46. The fourth-order valence-corrected chi connectivity index (χ4v) is 5.02. The normalized spacial score (nSPS) is 50.7. The van der Waals surface area contributed by atoms with Gasteiger partial charge < -0.3 is 9.64 Å². The van der Waals surface area contributed by atoms with Crippen LogP contribution in [0, 0.1) is 29.6 Å². The number of allylic oxidation sites excluding steroid dienone is 1. The van der Waals surface area contributed by atoms with Crippen molar-refractivity contribution in [2.45, 2.75) is 39.7 Å². The largest absolute Gasteiger partial charge is 0.377 e. The molecule has 2 fully saturated rings. The maximum Gasteiger partial charge on any atom is 0.0822 e. The lowest BCUT2D eigenvalue weighted by Crippen LogP contribution is -3.11. The summed E-state index contributed by atoms with van der Waals surface area (Å²) in [6.45, 7) is 10.8. The summed E-state index contributed by atoms with van der Waals surface area (Å²) in [5.74, 6) is 3.72. The van der Waals surface area contributed by atoms with E-state index in [4.69, 9.17) is 4.74 Å². The molecule has 0 radical (unpaired) electrons. The van der Waals surface area contributed by atoms with E-state index in [2.05, 4.69) is 33.9 Å². The lowest BCUT2D eigenvalue weighted by molar-refractivity contribution is -0.889. The van der Waals surface area contributed by atoms with E-state index in [1.807, 2.05) is 0 Å². The summed E-state index contributed by atoms with van der Waals surface area (Å²) in [6.07, 6.45) is 5.77. The number of hydrogen-bond donors (Lipinski definition) is 1. The minimum Gasteiger partial charge on any atom is -0.377 e. The molecule has 7 unspecified atom stereocenters. The molecule has 0 saturated carbocycles. The molecular weight excluding hydrogens is 234 g/mol. The van der Waals surface area contributed by atoms with Gasteiger partial charge in [-0.3, -0.25) is 0 Å². The molecule has 3 aliphatic rings. The van der Waals surface area contributed by atoms with Crippen LogP contribution in [0.5, 0.6) is 0 Å². The number of piperidine rings is 1. The van der Waals surface area contributed by atoms with Gasteiger partial charge in [-0.2, -0.15) is 0 Å². The first-order chi connectivity index (χ1) is 9.08. The van der Waals surface area contributed by atoms with Gasteiger partial charge in [0.1, 0.15) is 0 Å². The molecule has 0 aromatic rings. The van der Waals surface area contributed by atoms with Crippen LogP contribution in [0.2, 0.25) is 0 Å². The molecule has 7 atom stereocenters. The van der Waals surface area contributed by atoms with Crippen LogP contribution in [0.4, 0.5) is 0 Å². The van der Waals surface area contributed by atoms with Crippen molar-refractivity contribution < 1.29 is 9.64 Å². The zero-order valence-corrected chi connectivity index (χ0v) is 13.0. The highest BCUT2D eigenvalue weighted by molar-refractivity contribution is 5.17. The van der Waals surface area contributed by atoms with Gasteiger partial charge in [0.2, 0.25) is 0 Å². The quantitative estimate of drug-likeness (QED) is 0.713. The van der Waals surface area contributed by atoms with Crippen molar-refractivity contribution in [3.05, 3.63) is 11.6 Å². The Balaban J connectivity index is 1.81. The molecule has 2 heteroatoms. The van der Waals surface area contributed by atoms with Gasteiger partial charge in [-0.1, -0.05) is 25.5 Å². The van der Waals surface area contributed by atoms with Gasteiger partial charge in [0, 0.05) is 11.8 Å². The topological polar surface area (TPSA) is 13.7 Å². The van der Waals surface area contributed by atoms with Gasteiger partial charge >= 0.3 is 0 Å². The van der Waals surface area contributed by atoms with Crippen molar-refractivity contribution in [2.24, 2.45) is 29.6 Å². The van der Waals surface area contributed by atoms with Gasteiger partial charge in [0.05, 0.1) is 32.8 Å².